The predicted molar refractivity (Wildman–Crippen MR) is 68.0 cm³/mol. The van der Waals surface area contributed by atoms with Crippen LogP contribution in [-0.4, -0.2) is 10.8 Å². The van der Waals surface area contributed by atoms with Gasteiger partial charge >= 0.3 is 0 Å². The first-order valence-electron chi connectivity index (χ1n) is 5.85. The number of rotatable bonds is 3. The maximum atomic E-state index is 13.9. The van der Waals surface area contributed by atoms with E-state index in [2.05, 4.69) is 4.98 Å². The molecule has 0 N–H and O–H groups in total. The molecule has 0 aliphatic heterocycles. The number of ketones is 1. The van der Waals surface area contributed by atoms with Gasteiger partial charge < -0.3 is 0 Å². The van der Waals surface area contributed by atoms with Crippen LogP contribution in [0.5, 0.6) is 0 Å². The fourth-order valence-electron chi connectivity index (χ4n) is 1.83. The number of nitrogens with zero attached hydrogens (tertiary/aromatic N) is 2. The zero-order valence-electron chi connectivity index (χ0n) is 10.6. The molecule has 3 nitrogen and oxygen atoms in total. The molecule has 5 heteroatoms. The van der Waals surface area contributed by atoms with Gasteiger partial charge in [0.15, 0.2) is 11.7 Å². The summed E-state index contributed by atoms with van der Waals surface area (Å²) in [5.74, 6) is -4.17. The van der Waals surface area contributed by atoms with E-state index in [9.17, 15) is 13.6 Å². The second-order valence-electron chi connectivity index (χ2n) is 4.23. The van der Waals surface area contributed by atoms with Crippen molar-refractivity contribution in [2.24, 2.45) is 0 Å². The fraction of sp³-hybridized carbons (Fsp3) is 0.133. The highest BCUT2D eigenvalue weighted by atomic mass is 19.1. The molecule has 0 amide bonds. The summed E-state index contributed by atoms with van der Waals surface area (Å²) >= 11 is 0. The van der Waals surface area contributed by atoms with Gasteiger partial charge in [0, 0.05) is 6.20 Å². The summed E-state index contributed by atoms with van der Waals surface area (Å²) in [7, 11) is 0. The molecule has 100 valence electrons. The normalized spacial score (nSPS) is 11.7. The van der Waals surface area contributed by atoms with Gasteiger partial charge in [-0.05, 0) is 30.7 Å². The number of halogens is 2. The number of Topliss-reactive ketones (excluding diaryl/α,β-unsaturated/α-hetero) is 1. The molecule has 0 aliphatic rings. The Morgan fingerprint density at radius 2 is 2.05 bits per heavy atom. The summed E-state index contributed by atoms with van der Waals surface area (Å²) in [6.45, 7) is 1.42. The molecule has 2 rings (SSSR count). The van der Waals surface area contributed by atoms with Crippen LogP contribution in [0.4, 0.5) is 8.78 Å². The third kappa shape index (κ3) is 2.41. The SMILES string of the molecule is Cc1ccc(F)c(C(=O)C(C#N)c2ccccn2)c1F. The minimum Gasteiger partial charge on any atom is -0.292 e. The van der Waals surface area contributed by atoms with Crippen molar-refractivity contribution in [3.05, 3.63) is 65.0 Å². The molecule has 0 saturated carbocycles. The largest absolute Gasteiger partial charge is 0.292 e. The quantitative estimate of drug-likeness (QED) is 0.806. The molecule has 0 saturated heterocycles. The Labute approximate surface area is 114 Å². The number of hydrogen-bond acceptors (Lipinski definition) is 3. The molecule has 20 heavy (non-hydrogen) atoms. The standard InChI is InChI=1S/C15H10F2N2O/c1-9-5-6-11(16)13(14(9)17)15(20)10(8-18)12-4-2-3-7-19-12/h2-7,10H,1H3. The minimum absolute atomic E-state index is 0.146. The zero-order chi connectivity index (χ0) is 14.7. The summed E-state index contributed by atoms with van der Waals surface area (Å²) in [4.78, 5) is 16.1. The lowest BCUT2D eigenvalue weighted by Crippen LogP contribution is -2.16. The first kappa shape index (κ1) is 13.8. The van der Waals surface area contributed by atoms with Gasteiger partial charge in [-0.15, -0.1) is 0 Å². The van der Waals surface area contributed by atoms with E-state index in [4.69, 9.17) is 5.26 Å². The predicted octanol–water partition coefficient (Wildman–Crippen LogP) is 3.16. The lowest BCUT2D eigenvalue weighted by molar-refractivity contribution is 0.0969. The Kier molecular flexibility index (Phi) is 3.85. The number of carbonyl (C=O) groups is 1. The molecule has 1 aromatic heterocycles. The van der Waals surface area contributed by atoms with Crippen LogP contribution in [0.3, 0.4) is 0 Å². The average Bonchev–Trinajstić information content (AvgIpc) is 2.45. The molecule has 2 aromatic rings. The summed E-state index contributed by atoms with van der Waals surface area (Å²) in [5, 5.41) is 9.11. The average molecular weight is 272 g/mol. The highest BCUT2D eigenvalue weighted by Gasteiger charge is 2.28. The smallest absolute Gasteiger partial charge is 0.191 e. The van der Waals surface area contributed by atoms with Crippen LogP contribution in [-0.2, 0) is 0 Å². The van der Waals surface area contributed by atoms with E-state index in [1.807, 2.05) is 0 Å². The Hall–Kier alpha value is -2.61. The van der Waals surface area contributed by atoms with Gasteiger partial charge in [0.2, 0.25) is 0 Å². The Bertz CT molecular complexity index is 693. The van der Waals surface area contributed by atoms with Crippen LogP contribution in [0, 0.1) is 29.9 Å². The maximum absolute atomic E-state index is 13.9. The van der Waals surface area contributed by atoms with E-state index in [1.54, 1.807) is 18.2 Å². The summed E-state index contributed by atoms with van der Waals surface area (Å²) in [6, 6.07) is 8.69. The van der Waals surface area contributed by atoms with Gasteiger partial charge in [-0.3, -0.25) is 9.78 Å². The highest BCUT2D eigenvalue weighted by Crippen LogP contribution is 2.24. The van der Waals surface area contributed by atoms with E-state index in [0.29, 0.717) is 0 Å². The van der Waals surface area contributed by atoms with Gasteiger partial charge in [0.1, 0.15) is 11.6 Å². The third-order valence-electron chi connectivity index (χ3n) is 2.91. The van der Waals surface area contributed by atoms with E-state index in [1.165, 1.54) is 25.3 Å². The Balaban J connectivity index is 2.51. The summed E-state index contributed by atoms with van der Waals surface area (Å²) in [5.41, 5.74) is -0.380. The monoisotopic (exact) mass is 272 g/mol. The van der Waals surface area contributed by atoms with Gasteiger partial charge in [0.25, 0.3) is 0 Å². The molecule has 1 aromatic carbocycles. The molecule has 1 heterocycles. The number of nitriles is 1. The lowest BCUT2D eigenvalue weighted by atomic mass is 9.93. The van der Waals surface area contributed by atoms with E-state index in [0.717, 1.165) is 6.07 Å². The van der Waals surface area contributed by atoms with Crippen molar-refractivity contribution in [1.82, 2.24) is 4.98 Å². The minimum atomic E-state index is -1.33. The molecular weight excluding hydrogens is 262 g/mol. The van der Waals surface area contributed by atoms with Crippen LogP contribution >= 0.6 is 0 Å². The van der Waals surface area contributed by atoms with Crippen LogP contribution in [0.2, 0.25) is 0 Å². The van der Waals surface area contributed by atoms with Gasteiger partial charge in [-0.1, -0.05) is 12.1 Å². The van der Waals surface area contributed by atoms with Crippen LogP contribution < -0.4 is 0 Å². The van der Waals surface area contributed by atoms with Gasteiger partial charge in [0.05, 0.1) is 17.3 Å². The number of benzene rings is 1. The molecule has 0 fully saturated rings. The second kappa shape index (κ2) is 5.57. The highest BCUT2D eigenvalue weighted by molar-refractivity contribution is 6.03. The van der Waals surface area contributed by atoms with Crippen LogP contribution in [0.1, 0.15) is 27.5 Å². The maximum Gasteiger partial charge on any atom is 0.191 e. The molecule has 0 bridgehead atoms. The fourth-order valence-corrected chi connectivity index (χ4v) is 1.83. The van der Waals surface area contributed by atoms with E-state index >= 15 is 0 Å². The van der Waals surface area contributed by atoms with Crippen molar-refractivity contribution < 1.29 is 13.6 Å². The molecular formula is C15H10F2N2O. The molecule has 1 unspecified atom stereocenters. The van der Waals surface area contributed by atoms with Crippen molar-refractivity contribution in [2.45, 2.75) is 12.8 Å². The van der Waals surface area contributed by atoms with Crippen molar-refractivity contribution >= 4 is 5.78 Å². The van der Waals surface area contributed by atoms with Crippen molar-refractivity contribution in [2.75, 3.05) is 0 Å². The summed E-state index contributed by atoms with van der Waals surface area (Å²) in [6.07, 6.45) is 1.41. The molecule has 0 spiro atoms. The number of hydrogen-bond donors (Lipinski definition) is 0. The Morgan fingerprint density at radius 3 is 2.65 bits per heavy atom. The Morgan fingerprint density at radius 1 is 1.30 bits per heavy atom. The zero-order valence-corrected chi connectivity index (χ0v) is 10.6. The van der Waals surface area contributed by atoms with Crippen molar-refractivity contribution in [1.29, 1.82) is 5.26 Å². The first-order chi connectivity index (χ1) is 9.56. The number of pyridine rings is 1. The van der Waals surface area contributed by atoms with Gasteiger partial charge in [-0.2, -0.15) is 5.26 Å². The number of carbonyl (C=O) groups excluding carboxylic acids is 1. The third-order valence-corrected chi connectivity index (χ3v) is 2.91. The van der Waals surface area contributed by atoms with E-state index in [-0.39, 0.29) is 11.3 Å². The molecule has 0 aliphatic carbocycles. The van der Waals surface area contributed by atoms with Crippen molar-refractivity contribution in [3.63, 3.8) is 0 Å². The van der Waals surface area contributed by atoms with Crippen LogP contribution in [0.15, 0.2) is 36.5 Å². The second-order valence-corrected chi connectivity index (χ2v) is 4.23. The van der Waals surface area contributed by atoms with Crippen LogP contribution in [0.25, 0.3) is 0 Å². The number of aromatic nitrogens is 1. The molecule has 0 radical (unpaired) electrons. The topological polar surface area (TPSA) is 53.8 Å². The number of aryl methyl sites for hydroxylation is 1. The summed E-state index contributed by atoms with van der Waals surface area (Å²) < 4.78 is 27.6. The lowest BCUT2D eigenvalue weighted by Gasteiger charge is -2.10. The first-order valence-corrected chi connectivity index (χ1v) is 5.85. The van der Waals surface area contributed by atoms with Crippen molar-refractivity contribution in [3.8, 4) is 6.07 Å². The molecule has 1 atom stereocenters. The van der Waals surface area contributed by atoms with Gasteiger partial charge in [-0.25, -0.2) is 8.78 Å². The van der Waals surface area contributed by atoms with E-state index < -0.39 is 28.9 Å².